The summed E-state index contributed by atoms with van der Waals surface area (Å²) in [6.45, 7) is 1.39. The number of halogens is 1. The molecule has 25 heavy (non-hydrogen) atoms. The number of carbonyl (C=O) groups is 1. The molecule has 1 aromatic rings. The van der Waals surface area contributed by atoms with Gasteiger partial charge in [-0.05, 0) is 31.3 Å². The third kappa shape index (κ3) is 4.50. The summed E-state index contributed by atoms with van der Waals surface area (Å²) in [5.41, 5.74) is -1.43. The van der Waals surface area contributed by atoms with Gasteiger partial charge < -0.3 is 18.5 Å². The highest BCUT2D eigenvalue weighted by Gasteiger charge is 2.54. The molecule has 1 fully saturated rings. The van der Waals surface area contributed by atoms with E-state index >= 15 is 4.39 Å². The van der Waals surface area contributed by atoms with E-state index in [1.165, 1.54) is 21.1 Å². The number of hydrogen-bond acceptors (Lipinski definition) is 6. The number of hydrogen-bond donors (Lipinski definition) is 0. The average Bonchev–Trinajstić information content (AvgIpc) is 2.83. The molecular weight excluding hydrogens is 349 g/mol. The first-order chi connectivity index (χ1) is 11.7. The van der Waals surface area contributed by atoms with E-state index in [4.69, 9.17) is 18.5 Å². The second-order valence-corrected chi connectivity index (χ2v) is 8.50. The number of esters is 1. The molecule has 0 amide bonds. The minimum Gasteiger partial charge on any atom is -0.453 e. The van der Waals surface area contributed by atoms with E-state index in [9.17, 15) is 9.36 Å². The van der Waals surface area contributed by atoms with Crippen LogP contribution in [0.25, 0.3) is 0 Å². The summed E-state index contributed by atoms with van der Waals surface area (Å²) >= 11 is 0. The molecule has 4 atom stereocenters. The number of benzene rings is 1. The third-order valence-electron chi connectivity index (χ3n) is 4.69. The quantitative estimate of drug-likeness (QED) is 0.416. The summed E-state index contributed by atoms with van der Waals surface area (Å²) in [6, 6.07) is 8.35. The Morgan fingerprint density at radius 2 is 1.92 bits per heavy atom. The van der Waals surface area contributed by atoms with Crippen LogP contribution in [-0.4, -0.2) is 52.3 Å². The maximum Gasteiger partial charge on any atom is 0.355 e. The number of alkyl halides is 1. The topological polar surface area (TPSA) is 71.1 Å². The minimum absolute atomic E-state index is 0.327. The predicted octanol–water partition coefficient (Wildman–Crippen LogP) is 2.59. The van der Waals surface area contributed by atoms with Gasteiger partial charge in [0.15, 0.2) is 6.10 Å². The molecule has 138 valence electrons. The van der Waals surface area contributed by atoms with Crippen molar-refractivity contribution in [3.05, 3.63) is 35.9 Å². The lowest BCUT2D eigenvalue weighted by Gasteiger charge is -2.29. The van der Waals surface area contributed by atoms with Crippen LogP contribution in [0.3, 0.4) is 0 Å². The van der Waals surface area contributed by atoms with E-state index < -0.39 is 37.3 Å². The van der Waals surface area contributed by atoms with Gasteiger partial charge in [-0.15, -0.1) is 0 Å². The number of carbonyl (C=O) groups excluding carboxylic acids is 1. The fourth-order valence-electron chi connectivity index (χ4n) is 2.82. The van der Waals surface area contributed by atoms with Gasteiger partial charge in [0.2, 0.25) is 0 Å². The summed E-state index contributed by atoms with van der Waals surface area (Å²) in [4.78, 5) is 12.3. The van der Waals surface area contributed by atoms with E-state index in [1.807, 2.05) is 0 Å². The van der Waals surface area contributed by atoms with Gasteiger partial charge in [-0.1, -0.05) is 18.2 Å². The van der Waals surface area contributed by atoms with Crippen molar-refractivity contribution in [2.75, 3.05) is 20.6 Å². The molecule has 0 heterocycles. The number of rotatable bonds is 7. The molecule has 6 nitrogen and oxygen atoms in total. The Kier molecular flexibility index (Phi) is 6.43. The summed E-state index contributed by atoms with van der Waals surface area (Å²) in [7, 11) is 0.816. The fraction of sp³-hybridized carbons (Fsp3) is 0.562. The zero-order valence-corrected chi connectivity index (χ0v) is 15.7. The van der Waals surface area contributed by atoms with E-state index in [2.05, 4.69) is 0 Å². The molecule has 1 aliphatic carbocycles. The van der Waals surface area contributed by atoms with E-state index in [-0.39, 0.29) is 6.35 Å². The van der Waals surface area contributed by atoms with Gasteiger partial charge in [0.05, 0.1) is 11.7 Å². The van der Waals surface area contributed by atoms with Crippen molar-refractivity contribution in [3.8, 4) is 0 Å². The summed E-state index contributed by atoms with van der Waals surface area (Å²) in [6.07, 6.45) is -1.87. The third-order valence-corrected chi connectivity index (χ3v) is 6.27. The highest BCUT2D eigenvalue weighted by atomic mass is 31.2. The largest absolute Gasteiger partial charge is 0.453 e. The Hall–Kier alpha value is -1.21. The highest BCUT2D eigenvalue weighted by molar-refractivity contribution is 7.53. The molecule has 1 saturated carbocycles. The van der Waals surface area contributed by atoms with Crippen LogP contribution in [0.15, 0.2) is 30.3 Å². The van der Waals surface area contributed by atoms with Crippen LogP contribution in [0.2, 0.25) is 5.82 Å². The lowest BCUT2D eigenvalue weighted by atomic mass is 9.77. The Bertz CT molecular complexity index is 633. The van der Waals surface area contributed by atoms with E-state index in [1.54, 1.807) is 38.2 Å². The van der Waals surface area contributed by atoms with Crippen LogP contribution in [0, 0.1) is 0 Å². The SMILES string of the molecule is BC1CC(OCP(=O)(OC)OC)C(OC(=O)c2ccccc2)C1(C)F. The van der Waals surface area contributed by atoms with E-state index in [0.29, 0.717) is 12.0 Å². The van der Waals surface area contributed by atoms with Crippen LogP contribution in [0.5, 0.6) is 0 Å². The van der Waals surface area contributed by atoms with Gasteiger partial charge in [-0.25, -0.2) is 9.18 Å². The van der Waals surface area contributed by atoms with Crippen molar-refractivity contribution in [1.29, 1.82) is 0 Å². The maximum atomic E-state index is 15.1. The van der Waals surface area contributed by atoms with E-state index in [0.717, 1.165) is 0 Å². The zero-order valence-electron chi connectivity index (χ0n) is 14.8. The normalized spacial score (nSPS) is 29.5. The fourth-order valence-corrected chi connectivity index (χ4v) is 3.55. The molecule has 4 unspecified atom stereocenters. The zero-order chi connectivity index (χ0) is 18.7. The first-order valence-corrected chi connectivity index (χ1v) is 9.73. The van der Waals surface area contributed by atoms with Gasteiger partial charge in [-0.2, -0.15) is 0 Å². The first kappa shape index (κ1) is 20.1. The average molecular weight is 372 g/mol. The Morgan fingerprint density at radius 1 is 1.32 bits per heavy atom. The monoisotopic (exact) mass is 372 g/mol. The minimum atomic E-state index is -3.40. The van der Waals surface area contributed by atoms with Crippen LogP contribution in [0.4, 0.5) is 4.39 Å². The lowest BCUT2D eigenvalue weighted by molar-refractivity contribution is -0.0708. The molecule has 0 spiro atoms. The molecule has 0 aliphatic heterocycles. The molecule has 1 aliphatic rings. The van der Waals surface area contributed by atoms with Crippen LogP contribution in [0.1, 0.15) is 23.7 Å². The smallest absolute Gasteiger partial charge is 0.355 e. The van der Waals surface area contributed by atoms with Crippen LogP contribution in [-0.2, 0) is 23.1 Å². The summed E-state index contributed by atoms with van der Waals surface area (Å²) < 4.78 is 47.8. The van der Waals surface area contributed by atoms with Crippen LogP contribution >= 0.6 is 7.60 Å². The standard InChI is InChI=1S/C16H23BFO6P/c1-16(18)13(17)9-12(23-10-25(20,21-2)22-3)14(16)24-15(19)11-7-5-4-6-8-11/h4-8,12-14H,9-10,17H2,1-3H3. The van der Waals surface area contributed by atoms with Crippen molar-refractivity contribution in [3.63, 3.8) is 0 Å². The number of ether oxygens (including phenoxy) is 2. The van der Waals surface area contributed by atoms with Crippen molar-refractivity contribution in [2.24, 2.45) is 0 Å². The summed E-state index contributed by atoms with van der Waals surface area (Å²) in [5, 5.41) is 0. The van der Waals surface area contributed by atoms with Gasteiger partial charge in [-0.3, -0.25) is 4.57 Å². The Labute approximate surface area is 147 Å². The molecule has 9 heteroatoms. The Morgan fingerprint density at radius 3 is 2.48 bits per heavy atom. The molecular formula is C16H23BFO6P. The van der Waals surface area contributed by atoms with Gasteiger partial charge >= 0.3 is 13.6 Å². The second-order valence-electron chi connectivity index (χ2n) is 6.29. The Balaban J connectivity index is 2.13. The predicted molar refractivity (Wildman–Crippen MR) is 93.4 cm³/mol. The molecule has 0 aromatic heterocycles. The van der Waals surface area contributed by atoms with Crippen molar-refractivity contribution < 1.29 is 32.3 Å². The van der Waals surface area contributed by atoms with Crippen molar-refractivity contribution >= 4 is 21.4 Å². The van der Waals surface area contributed by atoms with Gasteiger partial charge in [0.25, 0.3) is 0 Å². The molecule has 0 N–H and O–H groups in total. The van der Waals surface area contributed by atoms with Crippen molar-refractivity contribution in [2.45, 2.75) is 37.0 Å². The molecule has 0 bridgehead atoms. The van der Waals surface area contributed by atoms with Crippen molar-refractivity contribution in [1.82, 2.24) is 0 Å². The van der Waals surface area contributed by atoms with Crippen LogP contribution < -0.4 is 0 Å². The van der Waals surface area contributed by atoms with Gasteiger partial charge in [0.1, 0.15) is 19.9 Å². The maximum absolute atomic E-state index is 15.1. The second kappa shape index (κ2) is 8.00. The molecule has 2 rings (SSSR count). The highest BCUT2D eigenvalue weighted by Crippen LogP contribution is 2.49. The lowest BCUT2D eigenvalue weighted by Crippen LogP contribution is -2.42. The first-order valence-electron chi connectivity index (χ1n) is 8.00. The summed E-state index contributed by atoms with van der Waals surface area (Å²) in [5.74, 6) is -1.02. The van der Waals surface area contributed by atoms with Gasteiger partial charge in [0, 0.05) is 14.2 Å². The molecule has 0 radical (unpaired) electrons. The molecule has 0 saturated heterocycles. The molecule has 1 aromatic carbocycles.